The zero-order valence-corrected chi connectivity index (χ0v) is 6.00. The van der Waals surface area contributed by atoms with Gasteiger partial charge in [0, 0.05) is 5.70 Å². The van der Waals surface area contributed by atoms with Gasteiger partial charge in [-0.05, 0) is 18.6 Å². The van der Waals surface area contributed by atoms with Crippen LogP contribution in [0.2, 0.25) is 0 Å². The van der Waals surface area contributed by atoms with E-state index in [-0.39, 0.29) is 11.7 Å². The van der Waals surface area contributed by atoms with Crippen molar-refractivity contribution >= 4 is 5.78 Å². The van der Waals surface area contributed by atoms with Gasteiger partial charge >= 0.3 is 0 Å². The minimum atomic E-state index is -0.0648. The van der Waals surface area contributed by atoms with E-state index in [2.05, 4.69) is 0 Å². The van der Waals surface area contributed by atoms with Crippen LogP contribution in [-0.4, -0.2) is 5.78 Å². The first kappa shape index (κ1) is 7.06. The monoisotopic (exact) mass is 137 g/mol. The molecule has 0 amide bonds. The van der Waals surface area contributed by atoms with E-state index in [1.54, 1.807) is 18.2 Å². The Labute approximate surface area is 60.4 Å². The molecule has 0 fully saturated rings. The van der Waals surface area contributed by atoms with Crippen molar-refractivity contribution in [3.63, 3.8) is 0 Å². The summed E-state index contributed by atoms with van der Waals surface area (Å²) in [5, 5.41) is 0. The molecule has 1 unspecified atom stereocenters. The molecular weight excluding hydrogens is 126 g/mol. The molecule has 1 atom stereocenters. The van der Waals surface area contributed by atoms with Crippen molar-refractivity contribution in [1.29, 1.82) is 0 Å². The molecule has 10 heavy (non-hydrogen) atoms. The first-order valence-electron chi connectivity index (χ1n) is 3.43. The van der Waals surface area contributed by atoms with Gasteiger partial charge in [0.05, 0.1) is 5.92 Å². The lowest BCUT2D eigenvalue weighted by Gasteiger charge is -2.13. The van der Waals surface area contributed by atoms with Crippen molar-refractivity contribution in [2.24, 2.45) is 11.7 Å². The quantitative estimate of drug-likeness (QED) is 0.585. The Morgan fingerprint density at radius 1 is 1.70 bits per heavy atom. The maximum absolute atomic E-state index is 11.0. The number of rotatable bonds is 1. The number of hydrogen-bond donors (Lipinski definition) is 1. The van der Waals surface area contributed by atoms with Gasteiger partial charge in [-0.25, -0.2) is 0 Å². The summed E-state index contributed by atoms with van der Waals surface area (Å²) in [7, 11) is 0. The molecular formula is C8H11NO. The minimum absolute atomic E-state index is 0.0648. The van der Waals surface area contributed by atoms with Gasteiger partial charge in [-0.15, -0.1) is 0 Å². The van der Waals surface area contributed by atoms with E-state index in [0.717, 1.165) is 6.42 Å². The average Bonchev–Trinajstić information content (AvgIpc) is 1.88. The van der Waals surface area contributed by atoms with E-state index < -0.39 is 0 Å². The van der Waals surface area contributed by atoms with Crippen LogP contribution < -0.4 is 5.73 Å². The Kier molecular flexibility index (Phi) is 1.90. The Balaban J connectivity index is 2.81. The molecule has 2 N–H and O–H groups in total. The Morgan fingerprint density at radius 2 is 2.40 bits per heavy atom. The molecule has 0 heterocycles. The highest BCUT2D eigenvalue weighted by Gasteiger charge is 2.17. The lowest BCUT2D eigenvalue weighted by atomic mass is 9.94. The molecule has 0 saturated carbocycles. The van der Waals surface area contributed by atoms with Gasteiger partial charge in [-0.1, -0.05) is 13.0 Å². The second-order valence-electron chi connectivity index (χ2n) is 2.39. The number of allylic oxidation sites excluding steroid dienone is 4. The minimum Gasteiger partial charge on any atom is -0.401 e. The third-order valence-electron chi connectivity index (χ3n) is 1.70. The molecule has 2 nitrogen and oxygen atoms in total. The normalized spacial score (nSPS) is 24.7. The van der Waals surface area contributed by atoms with Crippen LogP contribution in [0.15, 0.2) is 23.9 Å². The number of nitrogens with two attached hydrogens (primary N) is 1. The van der Waals surface area contributed by atoms with Gasteiger partial charge in [-0.3, -0.25) is 4.79 Å². The number of carbonyl (C=O) groups is 1. The number of carbonyl (C=O) groups excluding carboxylic acids is 1. The number of ketones is 1. The van der Waals surface area contributed by atoms with E-state index in [9.17, 15) is 4.79 Å². The highest BCUT2D eigenvalue weighted by molar-refractivity contribution is 5.95. The maximum atomic E-state index is 11.0. The standard InChI is InChI=1S/C8H11NO/c1-2-6-7(9)4-3-5-8(6)10/h3-6H,2,9H2,1H3. The van der Waals surface area contributed by atoms with Crippen molar-refractivity contribution in [3.05, 3.63) is 23.9 Å². The molecule has 0 aliphatic heterocycles. The van der Waals surface area contributed by atoms with Crippen LogP contribution in [0.3, 0.4) is 0 Å². The summed E-state index contributed by atoms with van der Waals surface area (Å²) in [6.45, 7) is 1.96. The fourth-order valence-electron chi connectivity index (χ4n) is 1.09. The van der Waals surface area contributed by atoms with E-state index in [1.165, 1.54) is 0 Å². The average molecular weight is 137 g/mol. The van der Waals surface area contributed by atoms with Crippen LogP contribution in [0.4, 0.5) is 0 Å². The molecule has 0 spiro atoms. The summed E-state index contributed by atoms with van der Waals surface area (Å²) in [6, 6.07) is 0. The summed E-state index contributed by atoms with van der Waals surface area (Å²) < 4.78 is 0. The molecule has 0 aromatic heterocycles. The van der Waals surface area contributed by atoms with E-state index in [4.69, 9.17) is 5.73 Å². The van der Waals surface area contributed by atoms with Crippen molar-refractivity contribution in [2.45, 2.75) is 13.3 Å². The van der Waals surface area contributed by atoms with Crippen LogP contribution in [-0.2, 0) is 4.79 Å². The van der Waals surface area contributed by atoms with Crippen LogP contribution in [0.1, 0.15) is 13.3 Å². The van der Waals surface area contributed by atoms with Gasteiger partial charge in [0.2, 0.25) is 0 Å². The second-order valence-corrected chi connectivity index (χ2v) is 2.39. The van der Waals surface area contributed by atoms with Gasteiger partial charge in [0.15, 0.2) is 5.78 Å². The highest BCUT2D eigenvalue weighted by Crippen LogP contribution is 2.15. The Bertz CT molecular complexity index is 203. The first-order chi connectivity index (χ1) is 4.75. The molecule has 1 rings (SSSR count). The van der Waals surface area contributed by atoms with Crippen LogP contribution in [0.25, 0.3) is 0 Å². The zero-order chi connectivity index (χ0) is 7.56. The van der Waals surface area contributed by atoms with Gasteiger partial charge in [0.1, 0.15) is 0 Å². The predicted octanol–water partition coefficient (Wildman–Crippen LogP) is 0.994. The zero-order valence-electron chi connectivity index (χ0n) is 6.00. The third-order valence-corrected chi connectivity index (χ3v) is 1.70. The highest BCUT2D eigenvalue weighted by atomic mass is 16.1. The van der Waals surface area contributed by atoms with E-state index in [0.29, 0.717) is 5.70 Å². The molecule has 0 saturated heterocycles. The largest absolute Gasteiger partial charge is 0.401 e. The van der Waals surface area contributed by atoms with Crippen molar-refractivity contribution in [2.75, 3.05) is 0 Å². The van der Waals surface area contributed by atoms with Crippen molar-refractivity contribution < 1.29 is 4.79 Å². The Morgan fingerprint density at radius 3 is 2.80 bits per heavy atom. The van der Waals surface area contributed by atoms with Gasteiger partial charge < -0.3 is 5.73 Å². The lowest BCUT2D eigenvalue weighted by molar-refractivity contribution is -0.117. The second kappa shape index (κ2) is 2.69. The third kappa shape index (κ3) is 1.10. The summed E-state index contributed by atoms with van der Waals surface area (Å²) in [4.78, 5) is 11.0. The molecule has 0 aromatic carbocycles. The maximum Gasteiger partial charge on any atom is 0.164 e. The lowest BCUT2D eigenvalue weighted by Crippen LogP contribution is -2.21. The van der Waals surface area contributed by atoms with Crippen molar-refractivity contribution in [1.82, 2.24) is 0 Å². The van der Waals surface area contributed by atoms with Crippen LogP contribution >= 0.6 is 0 Å². The smallest absolute Gasteiger partial charge is 0.164 e. The van der Waals surface area contributed by atoms with Gasteiger partial charge in [0.25, 0.3) is 0 Å². The summed E-state index contributed by atoms with van der Waals surface area (Å²) in [5.74, 6) is 0.0625. The number of hydrogen-bond acceptors (Lipinski definition) is 2. The van der Waals surface area contributed by atoms with E-state index >= 15 is 0 Å². The van der Waals surface area contributed by atoms with Crippen molar-refractivity contribution in [3.8, 4) is 0 Å². The Hall–Kier alpha value is -1.05. The fraction of sp³-hybridized carbons (Fsp3) is 0.375. The SMILES string of the molecule is CCC1C(=O)C=CC=C1N. The summed E-state index contributed by atoms with van der Waals surface area (Å²) >= 11 is 0. The van der Waals surface area contributed by atoms with Gasteiger partial charge in [-0.2, -0.15) is 0 Å². The molecule has 54 valence electrons. The fourth-order valence-corrected chi connectivity index (χ4v) is 1.09. The van der Waals surface area contributed by atoms with Crippen LogP contribution in [0, 0.1) is 5.92 Å². The predicted molar refractivity (Wildman–Crippen MR) is 40.2 cm³/mol. The molecule has 1 aliphatic rings. The summed E-state index contributed by atoms with van der Waals surface area (Å²) in [6.07, 6.45) is 5.86. The molecule has 0 bridgehead atoms. The van der Waals surface area contributed by atoms with E-state index in [1.807, 2.05) is 6.92 Å². The first-order valence-corrected chi connectivity index (χ1v) is 3.43. The topological polar surface area (TPSA) is 43.1 Å². The molecule has 2 heteroatoms. The van der Waals surface area contributed by atoms with Crippen LogP contribution in [0.5, 0.6) is 0 Å². The summed E-state index contributed by atoms with van der Waals surface area (Å²) in [5.41, 5.74) is 6.26. The molecule has 0 radical (unpaired) electrons. The molecule has 0 aromatic rings. The molecule has 1 aliphatic carbocycles.